The molecule has 1 saturated carbocycles. The summed E-state index contributed by atoms with van der Waals surface area (Å²) in [6.07, 6.45) is 7.58. The molecule has 1 aliphatic carbocycles. The van der Waals surface area contributed by atoms with Crippen LogP contribution >= 0.6 is 0 Å². The van der Waals surface area contributed by atoms with E-state index in [1.54, 1.807) is 6.20 Å². The fraction of sp³-hybridized carbons (Fsp3) is 0.667. The second-order valence-corrected chi connectivity index (χ2v) is 8.07. The average molecular weight is 428 g/mol. The summed E-state index contributed by atoms with van der Waals surface area (Å²) in [6.45, 7) is 5.63. The molecule has 1 fully saturated rings. The van der Waals surface area contributed by atoms with Crippen molar-refractivity contribution in [3.63, 3.8) is 0 Å². The third-order valence-corrected chi connectivity index (χ3v) is 5.94. The Morgan fingerprint density at radius 3 is 2.94 bits per heavy atom. The molecule has 2 aromatic heterocycles. The normalized spacial score (nSPS) is 18.3. The predicted molar refractivity (Wildman–Crippen MR) is 121 cm³/mol. The van der Waals surface area contributed by atoms with E-state index in [9.17, 15) is 4.79 Å². The third-order valence-electron chi connectivity index (χ3n) is 5.94. The van der Waals surface area contributed by atoms with E-state index in [1.165, 1.54) is 0 Å². The summed E-state index contributed by atoms with van der Waals surface area (Å²) in [5.74, 6) is 1.41. The van der Waals surface area contributed by atoms with Gasteiger partial charge in [0.15, 0.2) is 5.65 Å². The monoisotopic (exact) mass is 427 g/mol. The molecule has 0 saturated heterocycles. The van der Waals surface area contributed by atoms with Gasteiger partial charge in [0.2, 0.25) is 5.91 Å². The van der Waals surface area contributed by atoms with Gasteiger partial charge in [0.05, 0.1) is 12.7 Å². The lowest BCUT2D eigenvalue weighted by Gasteiger charge is -2.19. The molecule has 0 radical (unpaired) electrons. The van der Waals surface area contributed by atoms with Gasteiger partial charge in [0, 0.05) is 53.8 Å². The fourth-order valence-electron chi connectivity index (χ4n) is 4.18. The quantitative estimate of drug-likeness (QED) is 0.207. The number of carbonyl (C=O) groups excluding carboxylic acids is 1. The van der Waals surface area contributed by atoms with Crippen LogP contribution < -0.4 is 16.0 Å². The van der Waals surface area contributed by atoms with Crippen molar-refractivity contribution < 1.29 is 4.79 Å². The van der Waals surface area contributed by atoms with E-state index in [4.69, 9.17) is 10.5 Å². The first-order valence-corrected chi connectivity index (χ1v) is 11.3. The van der Waals surface area contributed by atoms with Gasteiger partial charge in [-0.05, 0) is 44.1 Å². The van der Waals surface area contributed by atoms with Crippen LogP contribution in [0.3, 0.4) is 0 Å². The number of azide groups is 1. The topological polar surface area (TPSA) is 132 Å². The molecule has 10 nitrogen and oxygen atoms in total. The summed E-state index contributed by atoms with van der Waals surface area (Å²) >= 11 is 0. The summed E-state index contributed by atoms with van der Waals surface area (Å²) in [5.41, 5.74) is 10.2. The van der Waals surface area contributed by atoms with E-state index in [0.717, 1.165) is 49.3 Å². The van der Waals surface area contributed by atoms with Gasteiger partial charge in [-0.3, -0.25) is 4.79 Å². The Kier molecular flexibility index (Phi) is 8.49. The third kappa shape index (κ3) is 6.32. The van der Waals surface area contributed by atoms with Crippen LogP contribution in [0, 0.1) is 0 Å². The van der Waals surface area contributed by atoms with Crippen molar-refractivity contribution in [3.8, 4) is 0 Å². The molecule has 2 heterocycles. The summed E-state index contributed by atoms with van der Waals surface area (Å²) in [7, 11) is 0. The molecule has 0 aromatic carbocycles. The second-order valence-electron chi connectivity index (χ2n) is 8.07. The lowest BCUT2D eigenvalue weighted by atomic mass is 9.99. The summed E-state index contributed by atoms with van der Waals surface area (Å²) in [4.78, 5) is 19.5. The molecule has 3 rings (SSSR count). The molecule has 168 valence electrons. The molecule has 3 N–H and O–H groups in total. The van der Waals surface area contributed by atoms with Gasteiger partial charge in [-0.2, -0.15) is 9.61 Å². The zero-order valence-corrected chi connectivity index (χ0v) is 18.4. The summed E-state index contributed by atoms with van der Waals surface area (Å²) in [5, 5.41) is 17.8. The van der Waals surface area contributed by atoms with E-state index in [-0.39, 0.29) is 5.91 Å². The first kappa shape index (κ1) is 22.8. The van der Waals surface area contributed by atoms with Crippen LogP contribution in [0.4, 0.5) is 5.82 Å². The fourth-order valence-corrected chi connectivity index (χ4v) is 4.18. The van der Waals surface area contributed by atoms with Crippen molar-refractivity contribution in [2.45, 2.75) is 70.4 Å². The second kappa shape index (κ2) is 11.5. The first-order chi connectivity index (χ1) is 15.1. The molecule has 0 unspecified atom stereocenters. The van der Waals surface area contributed by atoms with Crippen molar-refractivity contribution in [1.29, 1.82) is 0 Å². The van der Waals surface area contributed by atoms with Gasteiger partial charge in [-0.15, -0.1) is 0 Å². The van der Waals surface area contributed by atoms with E-state index >= 15 is 0 Å². The highest BCUT2D eigenvalue weighted by Crippen LogP contribution is 2.27. The number of rotatable bonds is 12. The van der Waals surface area contributed by atoms with Crippen LogP contribution in [0.5, 0.6) is 0 Å². The van der Waals surface area contributed by atoms with Gasteiger partial charge >= 0.3 is 0 Å². The van der Waals surface area contributed by atoms with Crippen molar-refractivity contribution in [2.75, 3.05) is 25.0 Å². The number of hydrogen-bond acceptors (Lipinski definition) is 6. The van der Waals surface area contributed by atoms with Gasteiger partial charge < -0.3 is 16.0 Å². The van der Waals surface area contributed by atoms with Crippen LogP contribution in [-0.2, 0) is 4.79 Å². The minimum atomic E-state index is -0.0282. The molecule has 0 spiro atoms. The average Bonchev–Trinajstić information content (AvgIpc) is 3.42. The number of hydrogen-bond donors (Lipinski definition) is 3. The maximum atomic E-state index is 12.0. The number of aromatic nitrogens is 3. The summed E-state index contributed by atoms with van der Waals surface area (Å²) < 4.78 is 1.87. The molecular weight excluding hydrogens is 394 g/mol. The van der Waals surface area contributed by atoms with Crippen molar-refractivity contribution >= 4 is 17.4 Å². The maximum Gasteiger partial charge on any atom is 0.233 e. The van der Waals surface area contributed by atoms with Crippen LogP contribution in [0.2, 0.25) is 0 Å². The largest absolute Gasteiger partial charge is 0.367 e. The van der Waals surface area contributed by atoms with Gasteiger partial charge in [-0.1, -0.05) is 19.0 Å². The Bertz CT molecular complexity index is 901. The molecule has 1 aliphatic rings. The molecule has 31 heavy (non-hydrogen) atoms. The number of carbonyl (C=O) groups is 1. The zero-order valence-electron chi connectivity index (χ0n) is 18.4. The molecule has 0 bridgehead atoms. The van der Waals surface area contributed by atoms with E-state index in [2.05, 4.69) is 51.0 Å². The Labute approximate surface area is 182 Å². The number of nitrogens with one attached hydrogen (secondary N) is 3. The highest BCUT2D eigenvalue weighted by molar-refractivity contribution is 5.77. The number of fused-ring (bicyclic) bond motifs is 1. The number of nitrogens with zero attached hydrogens (tertiary/aromatic N) is 6. The minimum absolute atomic E-state index is 0.0282. The van der Waals surface area contributed by atoms with Crippen LogP contribution in [0.1, 0.15) is 64.0 Å². The van der Waals surface area contributed by atoms with Gasteiger partial charge in [-0.25, -0.2) is 4.98 Å². The molecule has 10 heteroatoms. The molecule has 0 aliphatic heterocycles. The van der Waals surface area contributed by atoms with Gasteiger partial charge in [0.25, 0.3) is 0 Å². The van der Waals surface area contributed by atoms with Crippen molar-refractivity contribution in [1.82, 2.24) is 25.2 Å². The molecule has 2 aromatic rings. The number of anilines is 1. The van der Waals surface area contributed by atoms with E-state index in [0.29, 0.717) is 44.1 Å². The number of amides is 1. The van der Waals surface area contributed by atoms with E-state index < -0.39 is 0 Å². The smallest absolute Gasteiger partial charge is 0.233 e. The maximum absolute atomic E-state index is 12.0. The lowest BCUT2D eigenvalue weighted by molar-refractivity contribution is -0.120. The Hall–Kier alpha value is -2.84. The van der Waals surface area contributed by atoms with Crippen LogP contribution in [0.25, 0.3) is 16.1 Å². The van der Waals surface area contributed by atoms with Crippen LogP contribution in [0.15, 0.2) is 23.4 Å². The SMILES string of the molecule is CCC(CC)c1cc(N[C@H]2CC[C@H](NCC(=O)NCCCN=[N+]=[N-])C2)n2nccc2n1. The van der Waals surface area contributed by atoms with Crippen molar-refractivity contribution in [3.05, 3.63) is 34.5 Å². The Morgan fingerprint density at radius 1 is 1.35 bits per heavy atom. The highest BCUT2D eigenvalue weighted by Gasteiger charge is 2.26. The Balaban J connectivity index is 1.51. The first-order valence-electron chi connectivity index (χ1n) is 11.3. The predicted octanol–water partition coefficient (Wildman–Crippen LogP) is 3.37. The van der Waals surface area contributed by atoms with Crippen LogP contribution in [-0.4, -0.2) is 52.2 Å². The highest BCUT2D eigenvalue weighted by atomic mass is 16.1. The molecular formula is C21H33N9O. The lowest BCUT2D eigenvalue weighted by Crippen LogP contribution is -2.39. The van der Waals surface area contributed by atoms with Crippen molar-refractivity contribution in [2.24, 2.45) is 5.11 Å². The van der Waals surface area contributed by atoms with E-state index in [1.807, 2.05) is 10.6 Å². The Morgan fingerprint density at radius 2 is 2.16 bits per heavy atom. The van der Waals surface area contributed by atoms with Gasteiger partial charge in [0.1, 0.15) is 5.82 Å². The minimum Gasteiger partial charge on any atom is -0.367 e. The zero-order chi connectivity index (χ0) is 22.1. The molecule has 2 atom stereocenters. The molecule has 1 amide bonds. The summed E-state index contributed by atoms with van der Waals surface area (Å²) in [6, 6.07) is 4.72. The standard InChI is InChI=1S/C21H33N9O/c1-3-15(4-2)18-13-20(30-19(28-18)8-11-26-30)27-17-7-6-16(12-17)24-14-21(31)23-9-5-10-25-29-22/h8,11,13,15-17,24,27H,3-7,9-10,12,14H2,1-2H3,(H,23,31)/t16-,17-/m0/s1.